The maximum Gasteiger partial charge on any atom is 0.354 e. The van der Waals surface area contributed by atoms with E-state index in [0.717, 1.165) is 19.3 Å². The maximum absolute atomic E-state index is 12.2. The molecule has 1 aliphatic rings. The van der Waals surface area contributed by atoms with E-state index < -0.39 is 10.8 Å². The Balaban J connectivity index is 1.65. The van der Waals surface area contributed by atoms with Crippen molar-refractivity contribution in [2.24, 2.45) is 0 Å². The van der Waals surface area contributed by atoms with E-state index in [0.29, 0.717) is 17.1 Å². The second kappa shape index (κ2) is 9.83. The summed E-state index contributed by atoms with van der Waals surface area (Å²) in [4.78, 5) is 31.0. The van der Waals surface area contributed by atoms with Crippen molar-refractivity contribution in [3.8, 4) is 0 Å². The highest BCUT2D eigenvalue weighted by Crippen LogP contribution is 2.29. The summed E-state index contributed by atoms with van der Waals surface area (Å²) in [5, 5.41) is 15.1. The highest BCUT2D eigenvalue weighted by Gasteiger charge is 2.23. The number of hydrogen-bond donors (Lipinski definition) is 3. The van der Waals surface area contributed by atoms with Crippen LogP contribution in [0.25, 0.3) is 0 Å². The predicted octanol–water partition coefficient (Wildman–Crippen LogP) is 4.10. The fourth-order valence-corrected chi connectivity index (χ4v) is 3.16. The normalized spacial score (nSPS) is 13.3. The molecule has 1 aromatic carbocycles. The number of nitrogens with one attached hydrogen (secondary N) is 3. The monoisotopic (exact) mass is 416 g/mol. The summed E-state index contributed by atoms with van der Waals surface area (Å²) in [7, 11) is 0. The van der Waals surface area contributed by atoms with E-state index in [1.165, 1.54) is 24.7 Å². The quantitative estimate of drug-likeness (QED) is 0.336. The largest absolute Gasteiger partial charge is 0.364 e. The molecular formula is C19H21ClN6O3. The van der Waals surface area contributed by atoms with Crippen LogP contribution in [0.2, 0.25) is 5.02 Å². The van der Waals surface area contributed by atoms with Gasteiger partial charge in [0.15, 0.2) is 0 Å². The Morgan fingerprint density at radius 1 is 1.17 bits per heavy atom. The fourth-order valence-electron chi connectivity index (χ4n) is 3.04. The topological polar surface area (TPSA) is 122 Å². The molecule has 10 heteroatoms. The number of aromatic nitrogens is 2. The minimum Gasteiger partial charge on any atom is -0.364 e. The zero-order chi connectivity index (χ0) is 20.6. The molecule has 152 valence electrons. The smallest absolute Gasteiger partial charge is 0.354 e. The van der Waals surface area contributed by atoms with Crippen molar-refractivity contribution in [1.29, 1.82) is 0 Å². The van der Waals surface area contributed by atoms with Crippen LogP contribution in [0.15, 0.2) is 42.2 Å². The first-order chi connectivity index (χ1) is 14.0. The number of halogens is 1. The van der Waals surface area contributed by atoms with Gasteiger partial charge in [0.25, 0.3) is 5.91 Å². The van der Waals surface area contributed by atoms with Gasteiger partial charge in [0.05, 0.1) is 4.92 Å². The summed E-state index contributed by atoms with van der Waals surface area (Å²) < 4.78 is 0. The number of anilines is 2. The molecule has 3 rings (SSSR count). The molecule has 0 unspecified atom stereocenters. The van der Waals surface area contributed by atoms with Gasteiger partial charge in [-0.25, -0.2) is 9.97 Å². The molecule has 0 atom stereocenters. The predicted molar refractivity (Wildman–Crippen MR) is 111 cm³/mol. The molecule has 1 amide bonds. The summed E-state index contributed by atoms with van der Waals surface area (Å²) in [6.07, 6.45) is 8.79. The summed E-state index contributed by atoms with van der Waals surface area (Å²) in [6.45, 7) is 0.528. The van der Waals surface area contributed by atoms with Crippen LogP contribution < -0.4 is 16.2 Å². The van der Waals surface area contributed by atoms with Crippen LogP contribution in [0.4, 0.5) is 17.3 Å². The van der Waals surface area contributed by atoms with Crippen LogP contribution in [0.5, 0.6) is 0 Å². The first-order valence-electron chi connectivity index (χ1n) is 9.27. The van der Waals surface area contributed by atoms with Crippen molar-refractivity contribution < 1.29 is 9.72 Å². The lowest BCUT2D eigenvalue weighted by Gasteiger charge is -2.14. The van der Waals surface area contributed by atoms with Gasteiger partial charge in [-0.15, -0.1) is 0 Å². The Hall–Kier alpha value is -3.20. The lowest BCUT2D eigenvalue weighted by molar-refractivity contribution is -0.383. The lowest BCUT2D eigenvalue weighted by atomic mass is 9.97. The summed E-state index contributed by atoms with van der Waals surface area (Å²) in [6, 6.07) is 6.24. The van der Waals surface area contributed by atoms with Crippen molar-refractivity contribution >= 4 is 34.8 Å². The van der Waals surface area contributed by atoms with Gasteiger partial charge in [0.2, 0.25) is 11.6 Å². The number of nitrogens with zero attached hydrogens (tertiary/aromatic N) is 3. The Morgan fingerprint density at radius 3 is 2.62 bits per heavy atom. The van der Waals surface area contributed by atoms with E-state index in [1.54, 1.807) is 24.3 Å². The maximum atomic E-state index is 12.2. The lowest BCUT2D eigenvalue weighted by Crippen LogP contribution is -2.30. The fraction of sp³-hybridized carbons (Fsp3) is 0.316. The highest BCUT2D eigenvalue weighted by atomic mass is 35.5. The molecule has 0 radical (unpaired) electrons. The van der Waals surface area contributed by atoms with Gasteiger partial charge in [0, 0.05) is 17.1 Å². The molecule has 0 fully saturated rings. The van der Waals surface area contributed by atoms with Crippen molar-refractivity contribution in [3.05, 3.63) is 62.9 Å². The van der Waals surface area contributed by atoms with E-state index in [9.17, 15) is 14.9 Å². The molecule has 9 nitrogen and oxygen atoms in total. The number of hydrazine groups is 1. The zero-order valence-electron chi connectivity index (χ0n) is 15.7. The number of allylic oxidation sites excluding steroid dienone is 1. The first-order valence-corrected chi connectivity index (χ1v) is 9.65. The zero-order valence-corrected chi connectivity index (χ0v) is 16.4. The first kappa shape index (κ1) is 20.5. The molecule has 2 aromatic rings. The van der Waals surface area contributed by atoms with E-state index >= 15 is 0 Å². The Kier molecular flexibility index (Phi) is 6.96. The van der Waals surface area contributed by atoms with Crippen LogP contribution in [-0.2, 0) is 0 Å². The molecule has 0 saturated heterocycles. The summed E-state index contributed by atoms with van der Waals surface area (Å²) in [5.74, 6) is -0.482. The van der Waals surface area contributed by atoms with Gasteiger partial charge >= 0.3 is 5.69 Å². The SMILES string of the molecule is O=C(NNc1ncnc(NCCC2=CCCCC2)c1[N+](=O)[O-])c1ccc(Cl)cc1. The van der Waals surface area contributed by atoms with Crippen molar-refractivity contribution in [1.82, 2.24) is 15.4 Å². The second-order valence-electron chi connectivity index (χ2n) is 6.55. The van der Waals surface area contributed by atoms with Gasteiger partial charge in [-0.1, -0.05) is 23.3 Å². The Morgan fingerprint density at radius 2 is 1.93 bits per heavy atom. The van der Waals surface area contributed by atoms with Crippen molar-refractivity contribution in [2.45, 2.75) is 32.1 Å². The number of carbonyl (C=O) groups excluding carboxylic acids is 1. The molecule has 0 saturated carbocycles. The molecule has 29 heavy (non-hydrogen) atoms. The summed E-state index contributed by atoms with van der Waals surface area (Å²) >= 11 is 5.80. The Bertz CT molecular complexity index is 917. The molecule has 0 aliphatic heterocycles. The van der Waals surface area contributed by atoms with Gasteiger partial charge in [-0.2, -0.15) is 0 Å². The van der Waals surface area contributed by atoms with Crippen LogP contribution >= 0.6 is 11.6 Å². The van der Waals surface area contributed by atoms with Crippen LogP contribution in [0.1, 0.15) is 42.5 Å². The van der Waals surface area contributed by atoms with Crippen molar-refractivity contribution in [2.75, 3.05) is 17.3 Å². The van der Waals surface area contributed by atoms with Gasteiger partial charge in [0.1, 0.15) is 6.33 Å². The average molecular weight is 417 g/mol. The average Bonchev–Trinajstić information content (AvgIpc) is 2.73. The molecule has 1 aliphatic carbocycles. The third kappa shape index (κ3) is 5.64. The molecule has 1 aromatic heterocycles. The highest BCUT2D eigenvalue weighted by molar-refractivity contribution is 6.30. The summed E-state index contributed by atoms with van der Waals surface area (Å²) in [5.41, 5.74) is 6.28. The number of hydrogen-bond acceptors (Lipinski definition) is 7. The van der Waals surface area contributed by atoms with E-state index in [2.05, 4.69) is 32.2 Å². The molecule has 1 heterocycles. The third-order valence-electron chi connectivity index (χ3n) is 4.53. The van der Waals surface area contributed by atoms with Gasteiger partial charge < -0.3 is 5.32 Å². The Labute approximate surface area is 172 Å². The van der Waals surface area contributed by atoms with E-state index in [-0.39, 0.29) is 17.3 Å². The number of benzene rings is 1. The molecular weight excluding hydrogens is 396 g/mol. The van der Waals surface area contributed by atoms with Crippen LogP contribution in [-0.4, -0.2) is 27.3 Å². The van der Waals surface area contributed by atoms with Gasteiger partial charge in [-0.05, 0) is 56.4 Å². The van der Waals surface area contributed by atoms with Crippen molar-refractivity contribution in [3.63, 3.8) is 0 Å². The standard InChI is InChI=1S/C19H21ClN6O3/c20-15-8-6-14(7-9-15)19(27)25-24-18-16(26(28)29)17(22-12-23-18)21-11-10-13-4-2-1-3-5-13/h4,6-9,12H,1-3,5,10-11H2,(H,25,27)(H2,21,22,23,24). The molecule has 0 bridgehead atoms. The minimum atomic E-state index is -0.584. The van der Waals surface area contributed by atoms with E-state index in [4.69, 9.17) is 11.6 Å². The number of nitro groups is 1. The molecule has 3 N–H and O–H groups in total. The number of amides is 1. The third-order valence-corrected chi connectivity index (χ3v) is 4.78. The van der Waals surface area contributed by atoms with E-state index in [1.807, 2.05) is 0 Å². The minimum absolute atomic E-state index is 0.102. The van der Waals surface area contributed by atoms with Crippen LogP contribution in [0, 0.1) is 10.1 Å². The number of carbonyl (C=O) groups is 1. The number of rotatable bonds is 8. The van der Waals surface area contributed by atoms with Crippen LogP contribution in [0.3, 0.4) is 0 Å². The van der Waals surface area contributed by atoms with Gasteiger partial charge in [-0.3, -0.25) is 25.8 Å². The second-order valence-corrected chi connectivity index (χ2v) is 6.98. The molecule has 0 spiro atoms.